The molecule has 0 spiro atoms. The standard InChI is InChI=1S/C13H15ClFN3S/c1-3-10(16-4-2)13-18-17-12(19-13)8-6-5-7-9(14)11(8)15/h5-7,10,16H,3-4H2,1-2H3. The molecule has 0 saturated heterocycles. The maximum absolute atomic E-state index is 13.9. The summed E-state index contributed by atoms with van der Waals surface area (Å²) in [6, 6.07) is 5.07. The molecule has 0 aliphatic rings. The molecule has 1 aromatic heterocycles. The van der Waals surface area contributed by atoms with Gasteiger partial charge in [0.05, 0.1) is 11.1 Å². The quantitative estimate of drug-likeness (QED) is 0.905. The molecule has 102 valence electrons. The molecular weight excluding hydrogens is 285 g/mol. The van der Waals surface area contributed by atoms with Crippen molar-refractivity contribution in [1.29, 1.82) is 0 Å². The van der Waals surface area contributed by atoms with E-state index >= 15 is 0 Å². The number of hydrogen-bond acceptors (Lipinski definition) is 4. The molecule has 1 N–H and O–H groups in total. The van der Waals surface area contributed by atoms with E-state index in [0.717, 1.165) is 18.0 Å². The first kappa shape index (κ1) is 14.4. The molecule has 2 aromatic rings. The molecule has 6 heteroatoms. The normalized spacial score (nSPS) is 12.6. The van der Waals surface area contributed by atoms with E-state index in [4.69, 9.17) is 11.6 Å². The average molecular weight is 300 g/mol. The zero-order valence-electron chi connectivity index (χ0n) is 10.8. The highest BCUT2D eigenvalue weighted by Crippen LogP contribution is 2.32. The van der Waals surface area contributed by atoms with Gasteiger partial charge in [0.1, 0.15) is 5.01 Å². The Morgan fingerprint density at radius 1 is 1.37 bits per heavy atom. The number of hydrogen-bond donors (Lipinski definition) is 1. The van der Waals surface area contributed by atoms with Crippen LogP contribution in [0.4, 0.5) is 4.39 Å². The second-order valence-electron chi connectivity index (χ2n) is 4.07. The maximum Gasteiger partial charge on any atom is 0.152 e. The van der Waals surface area contributed by atoms with Gasteiger partial charge in [0.15, 0.2) is 10.8 Å². The van der Waals surface area contributed by atoms with Crippen molar-refractivity contribution in [2.24, 2.45) is 0 Å². The molecular formula is C13H15ClFN3S. The lowest BCUT2D eigenvalue weighted by molar-refractivity contribution is 0.531. The van der Waals surface area contributed by atoms with Gasteiger partial charge in [-0.2, -0.15) is 0 Å². The minimum absolute atomic E-state index is 0.105. The molecule has 0 aliphatic carbocycles. The average Bonchev–Trinajstić information content (AvgIpc) is 2.88. The molecule has 0 aliphatic heterocycles. The van der Waals surface area contributed by atoms with Gasteiger partial charge in [0, 0.05) is 5.56 Å². The summed E-state index contributed by atoms with van der Waals surface area (Å²) in [4.78, 5) is 0. The first-order valence-corrected chi connectivity index (χ1v) is 7.38. The highest BCUT2D eigenvalue weighted by atomic mass is 35.5. The third-order valence-electron chi connectivity index (χ3n) is 2.78. The number of halogens is 2. The zero-order chi connectivity index (χ0) is 13.8. The second-order valence-corrected chi connectivity index (χ2v) is 5.48. The van der Waals surface area contributed by atoms with Crippen molar-refractivity contribution in [2.75, 3.05) is 6.54 Å². The van der Waals surface area contributed by atoms with Crippen LogP contribution in [0.2, 0.25) is 5.02 Å². The molecule has 0 saturated carbocycles. The molecule has 3 nitrogen and oxygen atoms in total. The van der Waals surface area contributed by atoms with E-state index in [0.29, 0.717) is 10.6 Å². The number of nitrogens with one attached hydrogen (secondary N) is 1. The van der Waals surface area contributed by atoms with E-state index in [1.165, 1.54) is 17.4 Å². The second kappa shape index (κ2) is 6.41. The van der Waals surface area contributed by atoms with E-state index in [1.807, 2.05) is 6.92 Å². The molecule has 0 fully saturated rings. The Morgan fingerprint density at radius 2 is 2.16 bits per heavy atom. The monoisotopic (exact) mass is 299 g/mol. The van der Waals surface area contributed by atoms with Gasteiger partial charge in [-0.25, -0.2) is 4.39 Å². The van der Waals surface area contributed by atoms with Crippen LogP contribution in [0.15, 0.2) is 18.2 Å². The molecule has 0 radical (unpaired) electrons. The van der Waals surface area contributed by atoms with Crippen LogP contribution in [-0.2, 0) is 0 Å². The Morgan fingerprint density at radius 3 is 2.84 bits per heavy atom. The fraction of sp³-hybridized carbons (Fsp3) is 0.385. The molecule has 19 heavy (non-hydrogen) atoms. The number of rotatable bonds is 5. The summed E-state index contributed by atoms with van der Waals surface area (Å²) in [5.41, 5.74) is 0.405. The van der Waals surface area contributed by atoms with Gasteiger partial charge < -0.3 is 5.32 Å². The first-order valence-electron chi connectivity index (χ1n) is 6.18. The van der Waals surface area contributed by atoms with Gasteiger partial charge in [-0.05, 0) is 25.1 Å². The lowest BCUT2D eigenvalue weighted by Crippen LogP contribution is -2.19. The summed E-state index contributed by atoms with van der Waals surface area (Å²) < 4.78 is 13.9. The minimum atomic E-state index is -0.441. The van der Waals surface area contributed by atoms with Crippen molar-refractivity contribution >= 4 is 22.9 Å². The highest BCUT2D eigenvalue weighted by Gasteiger charge is 2.17. The fourth-order valence-electron chi connectivity index (χ4n) is 1.81. The lowest BCUT2D eigenvalue weighted by atomic mass is 10.2. The SMILES string of the molecule is CCNC(CC)c1nnc(-c2cccc(Cl)c2F)s1. The first-order chi connectivity index (χ1) is 9.17. The van der Waals surface area contributed by atoms with Crippen LogP contribution in [0.3, 0.4) is 0 Å². The van der Waals surface area contributed by atoms with E-state index in [2.05, 4.69) is 22.4 Å². The smallest absolute Gasteiger partial charge is 0.152 e. The van der Waals surface area contributed by atoms with Crippen LogP contribution < -0.4 is 5.32 Å². The molecule has 0 bridgehead atoms. The van der Waals surface area contributed by atoms with E-state index < -0.39 is 5.82 Å². The summed E-state index contributed by atoms with van der Waals surface area (Å²) in [6.45, 7) is 4.98. The van der Waals surface area contributed by atoms with Crippen LogP contribution in [0, 0.1) is 5.82 Å². The van der Waals surface area contributed by atoms with Crippen molar-refractivity contribution in [2.45, 2.75) is 26.3 Å². The summed E-state index contributed by atoms with van der Waals surface area (Å²) >= 11 is 7.18. The van der Waals surface area contributed by atoms with Gasteiger partial charge in [-0.15, -0.1) is 10.2 Å². The fourth-order valence-corrected chi connectivity index (χ4v) is 3.00. The molecule has 1 aromatic carbocycles. The van der Waals surface area contributed by atoms with Crippen molar-refractivity contribution in [3.8, 4) is 10.6 Å². The Balaban J connectivity index is 2.32. The third-order valence-corrected chi connectivity index (χ3v) is 4.14. The summed E-state index contributed by atoms with van der Waals surface area (Å²) in [6.07, 6.45) is 0.917. The van der Waals surface area contributed by atoms with E-state index in [9.17, 15) is 4.39 Å². The molecule has 1 heterocycles. The van der Waals surface area contributed by atoms with Gasteiger partial charge >= 0.3 is 0 Å². The molecule has 1 unspecified atom stereocenters. The van der Waals surface area contributed by atoms with Gasteiger partial charge in [-0.1, -0.05) is 42.9 Å². The van der Waals surface area contributed by atoms with Crippen LogP contribution in [-0.4, -0.2) is 16.7 Å². The zero-order valence-corrected chi connectivity index (χ0v) is 12.4. The third kappa shape index (κ3) is 3.11. The topological polar surface area (TPSA) is 37.8 Å². The van der Waals surface area contributed by atoms with E-state index in [-0.39, 0.29) is 11.1 Å². The molecule has 1 atom stereocenters. The van der Waals surface area contributed by atoms with Gasteiger partial charge in [0.2, 0.25) is 0 Å². The van der Waals surface area contributed by atoms with Crippen molar-refractivity contribution in [3.05, 3.63) is 34.0 Å². The number of aromatic nitrogens is 2. The number of nitrogens with zero attached hydrogens (tertiary/aromatic N) is 2. The van der Waals surface area contributed by atoms with Gasteiger partial charge in [0.25, 0.3) is 0 Å². The largest absolute Gasteiger partial charge is 0.308 e. The Kier molecular flexibility index (Phi) is 4.85. The molecule has 2 rings (SSSR count). The van der Waals surface area contributed by atoms with Crippen LogP contribution in [0.5, 0.6) is 0 Å². The van der Waals surface area contributed by atoms with E-state index in [1.54, 1.807) is 12.1 Å². The summed E-state index contributed by atoms with van der Waals surface area (Å²) in [5, 5.41) is 13.1. The summed E-state index contributed by atoms with van der Waals surface area (Å²) in [5.74, 6) is -0.441. The Labute approximate surface area is 120 Å². The summed E-state index contributed by atoms with van der Waals surface area (Å²) in [7, 11) is 0. The number of benzene rings is 1. The lowest BCUT2D eigenvalue weighted by Gasteiger charge is -2.10. The van der Waals surface area contributed by atoms with Crippen molar-refractivity contribution in [1.82, 2.24) is 15.5 Å². The van der Waals surface area contributed by atoms with Crippen LogP contribution >= 0.6 is 22.9 Å². The predicted molar refractivity (Wildman–Crippen MR) is 77.0 cm³/mol. The van der Waals surface area contributed by atoms with Crippen molar-refractivity contribution < 1.29 is 4.39 Å². The molecule has 0 amide bonds. The Bertz CT molecular complexity index is 559. The van der Waals surface area contributed by atoms with Crippen LogP contribution in [0.25, 0.3) is 10.6 Å². The van der Waals surface area contributed by atoms with Crippen LogP contribution in [0.1, 0.15) is 31.3 Å². The Hall–Kier alpha value is -1.04. The predicted octanol–water partition coefficient (Wildman–Crippen LogP) is 4.06. The van der Waals surface area contributed by atoms with Gasteiger partial charge in [-0.3, -0.25) is 0 Å². The minimum Gasteiger partial charge on any atom is -0.308 e. The highest BCUT2D eigenvalue weighted by molar-refractivity contribution is 7.14. The maximum atomic E-state index is 13.9. The van der Waals surface area contributed by atoms with Crippen molar-refractivity contribution in [3.63, 3.8) is 0 Å².